The highest BCUT2D eigenvalue weighted by molar-refractivity contribution is 7.92. The Morgan fingerprint density at radius 3 is 2.66 bits per heavy atom. The summed E-state index contributed by atoms with van der Waals surface area (Å²) in [5.41, 5.74) is 3.16. The number of rotatable bonds is 7. The molecule has 0 aliphatic carbocycles. The van der Waals surface area contributed by atoms with E-state index in [9.17, 15) is 22.8 Å². The molecule has 0 spiro atoms. The molecule has 5 N–H and O–H groups in total. The number of carbonyl (C=O) groups is 3. The Hall–Kier alpha value is -3.34. The maximum atomic E-state index is 12.5. The number of carboxylic acid groups (broad SMARTS) is 1. The van der Waals surface area contributed by atoms with Gasteiger partial charge in [-0.05, 0) is 36.2 Å². The maximum absolute atomic E-state index is 12.5. The molecule has 10 nitrogen and oxygen atoms in total. The first kappa shape index (κ1) is 20.4. The molecule has 154 valence electrons. The molecule has 0 saturated heterocycles. The zero-order chi connectivity index (χ0) is 21.3. The number of hydrogen-bond acceptors (Lipinski definition) is 5. The lowest BCUT2D eigenvalue weighted by molar-refractivity contribution is -0.135. The van der Waals surface area contributed by atoms with Crippen LogP contribution < -0.4 is 15.4 Å². The predicted octanol–water partition coefficient (Wildman–Crippen LogP) is 0.787. The molecule has 0 saturated carbocycles. The normalized spacial score (nSPS) is 15.5. The molecule has 1 aromatic heterocycles. The first-order valence-corrected chi connectivity index (χ1v) is 10.5. The number of aromatic amines is 1. The van der Waals surface area contributed by atoms with Crippen LogP contribution in [0.4, 0.5) is 11.4 Å². The van der Waals surface area contributed by atoms with E-state index in [0.29, 0.717) is 33.8 Å². The Morgan fingerprint density at radius 2 is 2.00 bits per heavy atom. The standard InChI is InChI=1S/C18H20N4O6S/c1-9-13(17(25)20-8-16(23)24)7-19-15(9)6-12-11-5-10(22-29(2,27)28)3-4-14(11)21-18(12)26/h3-5,7,12,19,22H,6,8H2,1-2H3,(H,20,25)(H,21,26)(H,23,24). The van der Waals surface area contributed by atoms with Crippen LogP contribution in [-0.4, -0.2) is 49.1 Å². The van der Waals surface area contributed by atoms with Gasteiger partial charge in [-0.2, -0.15) is 0 Å². The average molecular weight is 420 g/mol. The van der Waals surface area contributed by atoms with Crippen LogP contribution in [0.5, 0.6) is 0 Å². The fraction of sp³-hybridized carbons (Fsp3) is 0.278. The molecule has 2 amide bonds. The number of nitrogens with one attached hydrogen (secondary N) is 4. The maximum Gasteiger partial charge on any atom is 0.322 e. The summed E-state index contributed by atoms with van der Waals surface area (Å²) in [5, 5.41) is 13.7. The molecule has 1 aliphatic rings. The van der Waals surface area contributed by atoms with Gasteiger partial charge in [-0.25, -0.2) is 8.42 Å². The zero-order valence-corrected chi connectivity index (χ0v) is 16.5. The summed E-state index contributed by atoms with van der Waals surface area (Å²) in [4.78, 5) is 38.2. The number of carbonyl (C=O) groups excluding carboxylic acids is 2. The summed E-state index contributed by atoms with van der Waals surface area (Å²) in [6.45, 7) is 1.21. The van der Waals surface area contributed by atoms with Crippen molar-refractivity contribution in [2.24, 2.45) is 0 Å². The highest BCUT2D eigenvalue weighted by Gasteiger charge is 2.32. The van der Waals surface area contributed by atoms with Gasteiger partial charge in [0.25, 0.3) is 5.91 Å². The zero-order valence-electron chi connectivity index (χ0n) is 15.7. The molecule has 0 fully saturated rings. The summed E-state index contributed by atoms with van der Waals surface area (Å²) >= 11 is 0. The number of hydrogen-bond donors (Lipinski definition) is 5. The topological polar surface area (TPSA) is 157 Å². The quantitative estimate of drug-likeness (QED) is 0.445. The van der Waals surface area contributed by atoms with Gasteiger partial charge in [-0.1, -0.05) is 0 Å². The Balaban J connectivity index is 1.83. The van der Waals surface area contributed by atoms with Crippen LogP contribution in [0.15, 0.2) is 24.4 Å². The molecule has 29 heavy (non-hydrogen) atoms. The second kappa shape index (κ2) is 7.59. The van der Waals surface area contributed by atoms with E-state index in [1.807, 2.05) is 0 Å². The molecule has 2 aromatic rings. The van der Waals surface area contributed by atoms with Gasteiger partial charge in [-0.15, -0.1) is 0 Å². The largest absolute Gasteiger partial charge is 0.480 e. The number of fused-ring (bicyclic) bond motifs is 1. The molecule has 3 rings (SSSR count). The van der Waals surface area contributed by atoms with E-state index in [0.717, 1.165) is 6.26 Å². The Kier molecular flexibility index (Phi) is 5.33. The second-order valence-corrected chi connectivity index (χ2v) is 8.55. The lowest BCUT2D eigenvalue weighted by atomic mass is 9.93. The first-order valence-electron chi connectivity index (χ1n) is 8.64. The minimum Gasteiger partial charge on any atom is -0.480 e. The minimum absolute atomic E-state index is 0.234. The van der Waals surface area contributed by atoms with Crippen molar-refractivity contribution in [3.63, 3.8) is 0 Å². The molecule has 1 aliphatic heterocycles. The van der Waals surface area contributed by atoms with Crippen molar-refractivity contribution in [3.8, 4) is 0 Å². The van der Waals surface area contributed by atoms with Crippen LogP contribution in [0.1, 0.15) is 33.1 Å². The fourth-order valence-corrected chi connectivity index (χ4v) is 3.80. The van der Waals surface area contributed by atoms with E-state index in [-0.39, 0.29) is 12.3 Å². The lowest BCUT2D eigenvalue weighted by Crippen LogP contribution is -2.29. The monoisotopic (exact) mass is 420 g/mol. The number of aliphatic carboxylic acids is 1. The van der Waals surface area contributed by atoms with Crippen LogP contribution in [0, 0.1) is 6.92 Å². The number of aromatic nitrogens is 1. The SMILES string of the molecule is Cc1c(C(=O)NCC(=O)O)c[nH]c1CC1C(=O)Nc2ccc(NS(C)(=O)=O)cc21. The van der Waals surface area contributed by atoms with Crippen LogP contribution in [-0.2, 0) is 26.0 Å². The van der Waals surface area contributed by atoms with Gasteiger partial charge in [0.2, 0.25) is 15.9 Å². The van der Waals surface area contributed by atoms with Crippen LogP contribution in [0.2, 0.25) is 0 Å². The molecule has 1 aromatic carbocycles. The van der Waals surface area contributed by atoms with Crippen LogP contribution in [0.25, 0.3) is 0 Å². The number of carboxylic acids is 1. The van der Waals surface area contributed by atoms with E-state index in [1.54, 1.807) is 25.1 Å². The number of H-pyrrole nitrogens is 1. The van der Waals surface area contributed by atoms with Gasteiger partial charge < -0.3 is 20.7 Å². The van der Waals surface area contributed by atoms with Crippen molar-refractivity contribution >= 4 is 39.2 Å². The molecule has 1 unspecified atom stereocenters. The van der Waals surface area contributed by atoms with Gasteiger partial charge >= 0.3 is 5.97 Å². The summed E-state index contributed by atoms with van der Waals surface area (Å²) < 4.78 is 25.3. The Morgan fingerprint density at radius 1 is 1.28 bits per heavy atom. The predicted molar refractivity (Wildman–Crippen MR) is 105 cm³/mol. The second-order valence-electron chi connectivity index (χ2n) is 6.80. The minimum atomic E-state index is -3.46. The van der Waals surface area contributed by atoms with E-state index in [4.69, 9.17) is 5.11 Å². The van der Waals surface area contributed by atoms with E-state index in [1.165, 1.54) is 6.20 Å². The number of amides is 2. The van der Waals surface area contributed by atoms with Crippen molar-refractivity contribution in [3.05, 3.63) is 46.8 Å². The smallest absolute Gasteiger partial charge is 0.322 e. The summed E-state index contributed by atoms with van der Waals surface area (Å²) in [5.74, 6) is -2.48. The molecule has 0 radical (unpaired) electrons. The van der Waals surface area contributed by atoms with Crippen LogP contribution >= 0.6 is 0 Å². The lowest BCUT2D eigenvalue weighted by Gasteiger charge is -2.11. The summed E-state index contributed by atoms with van der Waals surface area (Å²) in [7, 11) is -3.46. The number of benzene rings is 1. The number of anilines is 2. The molecule has 1 atom stereocenters. The summed E-state index contributed by atoms with van der Waals surface area (Å²) in [6.07, 6.45) is 2.77. The van der Waals surface area contributed by atoms with E-state index < -0.39 is 34.4 Å². The fourth-order valence-electron chi connectivity index (χ4n) is 3.25. The van der Waals surface area contributed by atoms with Crippen molar-refractivity contribution in [1.82, 2.24) is 10.3 Å². The van der Waals surface area contributed by atoms with Gasteiger partial charge in [0.1, 0.15) is 6.54 Å². The van der Waals surface area contributed by atoms with Gasteiger partial charge in [0, 0.05) is 29.7 Å². The third-order valence-electron chi connectivity index (χ3n) is 4.61. The molecular weight excluding hydrogens is 400 g/mol. The van der Waals surface area contributed by atoms with Gasteiger partial charge in [0.15, 0.2) is 0 Å². The Labute approximate surface area is 166 Å². The molecule has 0 bridgehead atoms. The number of sulfonamides is 1. The van der Waals surface area contributed by atoms with E-state index in [2.05, 4.69) is 20.3 Å². The van der Waals surface area contributed by atoms with Crippen molar-refractivity contribution < 1.29 is 27.9 Å². The highest BCUT2D eigenvalue weighted by atomic mass is 32.2. The first-order chi connectivity index (χ1) is 13.5. The summed E-state index contributed by atoms with van der Waals surface area (Å²) in [6, 6.07) is 4.80. The average Bonchev–Trinajstić information content (AvgIpc) is 3.12. The van der Waals surface area contributed by atoms with E-state index >= 15 is 0 Å². The molecule has 11 heteroatoms. The van der Waals surface area contributed by atoms with Crippen molar-refractivity contribution in [2.75, 3.05) is 22.8 Å². The third kappa shape index (κ3) is 4.57. The highest BCUT2D eigenvalue weighted by Crippen LogP contribution is 2.37. The Bertz CT molecular complexity index is 1110. The molecular formula is C18H20N4O6S. The van der Waals surface area contributed by atoms with Crippen molar-refractivity contribution in [1.29, 1.82) is 0 Å². The van der Waals surface area contributed by atoms with Crippen LogP contribution in [0.3, 0.4) is 0 Å². The van der Waals surface area contributed by atoms with Gasteiger partial charge in [0.05, 0.1) is 17.7 Å². The van der Waals surface area contributed by atoms with Crippen molar-refractivity contribution in [2.45, 2.75) is 19.3 Å². The third-order valence-corrected chi connectivity index (χ3v) is 5.21. The van der Waals surface area contributed by atoms with Gasteiger partial charge in [-0.3, -0.25) is 19.1 Å². The molecule has 2 heterocycles.